The number of aliphatic hydroxyl groups is 1. The Labute approximate surface area is 177 Å². The Hall–Kier alpha value is -0.923. The Bertz CT molecular complexity index is 528. The van der Waals surface area contributed by atoms with Crippen molar-refractivity contribution in [1.82, 2.24) is 0 Å². The van der Waals surface area contributed by atoms with Crippen molar-refractivity contribution in [2.24, 2.45) is 11.8 Å². The maximum absolute atomic E-state index is 11.5. The van der Waals surface area contributed by atoms with Gasteiger partial charge in [-0.15, -0.1) is 0 Å². The maximum atomic E-state index is 11.5. The first-order valence-electron chi connectivity index (χ1n) is 10.9. The van der Waals surface area contributed by atoms with E-state index >= 15 is 0 Å². The SMILES string of the molecule is COC(=O)CCCCCCC1[C@@H](CO[Si](C)(C)C(C)(C)C)C(O)C[C@@H]1OC(C)=O. The minimum Gasteiger partial charge on any atom is -0.469 e. The Kier molecular flexibility index (Phi) is 10.3. The fraction of sp³-hybridized carbons (Fsp3) is 0.909. The van der Waals surface area contributed by atoms with Crippen LogP contribution in [-0.2, 0) is 23.5 Å². The summed E-state index contributed by atoms with van der Waals surface area (Å²) in [4.78, 5) is 22.7. The molecule has 1 aliphatic carbocycles. The van der Waals surface area contributed by atoms with Gasteiger partial charge >= 0.3 is 11.9 Å². The molecule has 0 aromatic heterocycles. The van der Waals surface area contributed by atoms with E-state index in [-0.39, 0.29) is 34.9 Å². The van der Waals surface area contributed by atoms with Crippen LogP contribution in [0.15, 0.2) is 0 Å². The molecule has 2 unspecified atom stereocenters. The summed E-state index contributed by atoms with van der Waals surface area (Å²) in [6.45, 7) is 13.0. The Morgan fingerprint density at radius 1 is 1.07 bits per heavy atom. The monoisotopic (exact) mass is 430 g/mol. The minimum absolute atomic E-state index is 0.0106. The van der Waals surface area contributed by atoms with Gasteiger partial charge in [0.2, 0.25) is 0 Å². The molecule has 1 fully saturated rings. The van der Waals surface area contributed by atoms with Crippen LogP contribution in [0.25, 0.3) is 0 Å². The van der Waals surface area contributed by atoms with Gasteiger partial charge in [-0.2, -0.15) is 0 Å². The Morgan fingerprint density at radius 2 is 1.69 bits per heavy atom. The van der Waals surface area contributed by atoms with Crippen molar-refractivity contribution in [1.29, 1.82) is 0 Å². The summed E-state index contributed by atoms with van der Waals surface area (Å²) in [6.07, 6.45) is 4.85. The normalized spacial score (nSPS) is 25.1. The molecule has 0 bridgehead atoms. The number of carbonyl (C=O) groups is 2. The molecule has 0 amide bonds. The van der Waals surface area contributed by atoms with Crippen molar-refractivity contribution < 1.29 is 28.6 Å². The third-order valence-corrected chi connectivity index (χ3v) is 11.2. The van der Waals surface area contributed by atoms with Gasteiger partial charge in [0, 0.05) is 38.2 Å². The third-order valence-electron chi connectivity index (χ3n) is 6.65. The van der Waals surface area contributed by atoms with Crippen molar-refractivity contribution in [3.63, 3.8) is 0 Å². The molecular weight excluding hydrogens is 388 g/mol. The molecule has 0 aromatic carbocycles. The lowest BCUT2D eigenvalue weighted by Crippen LogP contribution is -2.43. The smallest absolute Gasteiger partial charge is 0.305 e. The summed E-state index contributed by atoms with van der Waals surface area (Å²) in [5.74, 6) is -0.360. The molecule has 0 aliphatic heterocycles. The maximum Gasteiger partial charge on any atom is 0.305 e. The van der Waals surface area contributed by atoms with Crippen molar-refractivity contribution in [3.8, 4) is 0 Å². The van der Waals surface area contributed by atoms with Crippen LogP contribution < -0.4 is 0 Å². The molecule has 7 heteroatoms. The van der Waals surface area contributed by atoms with E-state index in [4.69, 9.17) is 9.16 Å². The van der Waals surface area contributed by atoms with Crippen LogP contribution in [0.1, 0.15) is 72.6 Å². The quantitative estimate of drug-likeness (QED) is 0.296. The largest absolute Gasteiger partial charge is 0.469 e. The van der Waals surface area contributed by atoms with Gasteiger partial charge in [-0.25, -0.2) is 0 Å². The molecule has 1 saturated carbocycles. The highest BCUT2D eigenvalue weighted by atomic mass is 28.4. The predicted octanol–water partition coefficient (Wildman–Crippen LogP) is 4.45. The topological polar surface area (TPSA) is 82.1 Å². The van der Waals surface area contributed by atoms with Gasteiger partial charge in [0.25, 0.3) is 0 Å². The first kappa shape index (κ1) is 26.1. The standard InChI is InChI=1S/C22H42O6Si/c1-16(23)28-20-14-19(24)18(15-27-29(6,7)22(2,3)4)17(20)12-10-8-9-11-13-21(25)26-5/h17-20,24H,8-15H2,1-7H3/t17?,18-,19?,20+/m1/s1. The van der Waals surface area contributed by atoms with Crippen LogP contribution in [-0.4, -0.2) is 51.3 Å². The fourth-order valence-electron chi connectivity index (χ4n) is 3.76. The molecule has 1 aliphatic rings. The lowest BCUT2D eigenvalue weighted by atomic mass is 9.89. The number of carbonyl (C=O) groups excluding carboxylic acids is 2. The number of esters is 2. The molecule has 29 heavy (non-hydrogen) atoms. The van der Waals surface area contributed by atoms with Gasteiger partial charge in [-0.1, -0.05) is 40.0 Å². The molecule has 0 radical (unpaired) electrons. The molecule has 1 rings (SSSR count). The minimum atomic E-state index is -1.91. The number of unbranched alkanes of at least 4 members (excludes halogenated alkanes) is 3. The van der Waals surface area contributed by atoms with Crippen LogP contribution in [0.5, 0.6) is 0 Å². The molecule has 0 saturated heterocycles. The number of aliphatic hydroxyl groups excluding tert-OH is 1. The number of rotatable bonds is 11. The Morgan fingerprint density at radius 3 is 2.24 bits per heavy atom. The second-order valence-electron chi connectivity index (χ2n) is 9.88. The van der Waals surface area contributed by atoms with E-state index in [1.54, 1.807) is 0 Å². The summed E-state index contributed by atoms with van der Waals surface area (Å²) >= 11 is 0. The van der Waals surface area contributed by atoms with E-state index in [1.807, 2.05) is 0 Å². The summed E-state index contributed by atoms with van der Waals surface area (Å²) in [5.41, 5.74) is 0. The molecule has 0 heterocycles. The van der Waals surface area contributed by atoms with Crippen molar-refractivity contribution in [3.05, 3.63) is 0 Å². The molecular formula is C22H42O6Si. The predicted molar refractivity (Wildman–Crippen MR) is 116 cm³/mol. The molecule has 0 spiro atoms. The number of ether oxygens (including phenoxy) is 2. The average molecular weight is 431 g/mol. The zero-order chi connectivity index (χ0) is 22.2. The number of hydrogen-bond donors (Lipinski definition) is 1. The van der Waals surface area contributed by atoms with E-state index in [1.165, 1.54) is 14.0 Å². The van der Waals surface area contributed by atoms with Crippen LogP contribution in [0, 0.1) is 11.8 Å². The summed E-state index contributed by atoms with van der Waals surface area (Å²) in [6, 6.07) is 0. The van der Waals surface area contributed by atoms with Crippen LogP contribution in [0.3, 0.4) is 0 Å². The van der Waals surface area contributed by atoms with Gasteiger partial charge in [0.05, 0.1) is 13.2 Å². The van der Waals surface area contributed by atoms with Crippen LogP contribution in [0.4, 0.5) is 0 Å². The zero-order valence-electron chi connectivity index (χ0n) is 19.5. The van der Waals surface area contributed by atoms with Gasteiger partial charge < -0.3 is 19.0 Å². The van der Waals surface area contributed by atoms with Gasteiger partial charge in [-0.05, 0) is 31.0 Å². The molecule has 170 valence electrons. The first-order chi connectivity index (χ1) is 13.4. The van der Waals surface area contributed by atoms with Gasteiger partial charge in [0.15, 0.2) is 8.32 Å². The molecule has 6 nitrogen and oxygen atoms in total. The second-order valence-corrected chi connectivity index (χ2v) is 14.7. The van der Waals surface area contributed by atoms with E-state index in [2.05, 4.69) is 38.6 Å². The van der Waals surface area contributed by atoms with Crippen molar-refractivity contribution in [2.75, 3.05) is 13.7 Å². The number of hydrogen-bond acceptors (Lipinski definition) is 6. The summed E-state index contributed by atoms with van der Waals surface area (Å²) in [5, 5.41) is 10.8. The van der Waals surface area contributed by atoms with Crippen molar-refractivity contribution >= 4 is 20.3 Å². The zero-order valence-corrected chi connectivity index (χ0v) is 20.5. The summed E-state index contributed by atoms with van der Waals surface area (Å²) in [7, 11) is -0.500. The lowest BCUT2D eigenvalue weighted by Gasteiger charge is -2.38. The highest BCUT2D eigenvalue weighted by molar-refractivity contribution is 6.74. The highest BCUT2D eigenvalue weighted by Gasteiger charge is 2.46. The van der Waals surface area contributed by atoms with Crippen molar-refractivity contribution in [2.45, 2.75) is 103 Å². The second kappa shape index (κ2) is 11.5. The molecule has 4 atom stereocenters. The van der Waals surface area contributed by atoms with Crippen LogP contribution >= 0.6 is 0 Å². The van der Waals surface area contributed by atoms with E-state index < -0.39 is 14.4 Å². The van der Waals surface area contributed by atoms with Crippen LogP contribution in [0.2, 0.25) is 18.1 Å². The van der Waals surface area contributed by atoms with E-state index in [0.717, 1.165) is 32.1 Å². The number of methoxy groups -OCH3 is 1. The third kappa shape index (κ3) is 8.38. The fourth-order valence-corrected chi connectivity index (χ4v) is 4.80. The highest BCUT2D eigenvalue weighted by Crippen LogP contribution is 2.41. The van der Waals surface area contributed by atoms with E-state index in [9.17, 15) is 14.7 Å². The lowest BCUT2D eigenvalue weighted by molar-refractivity contribution is -0.148. The average Bonchev–Trinajstić information content (AvgIpc) is 2.88. The summed E-state index contributed by atoms with van der Waals surface area (Å²) < 4.78 is 16.6. The van der Waals surface area contributed by atoms with E-state index in [0.29, 0.717) is 19.4 Å². The first-order valence-corrected chi connectivity index (χ1v) is 13.9. The van der Waals surface area contributed by atoms with Gasteiger partial charge in [0.1, 0.15) is 6.10 Å². The van der Waals surface area contributed by atoms with Gasteiger partial charge in [-0.3, -0.25) is 9.59 Å². The molecule has 0 aromatic rings. The Balaban J connectivity index is 2.64. The molecule has 1 N–H and O–H groups in total.